The molecule has 0 aliphatic carbocycles. The SMILES string of the molecule is CCN(Cc1cc(CN)co1)C(C)COC. The predicted molar refractivity (Wildman–Crippen MR) is 64.0 cm³/mol. The molecule has 1 unspecified atom stereocenters. The first-order valence-corrected chi connectivity index (χ1v) is 5.70. The Morgan fingerprint density at radius 3 is 2.81 bits per heavy atom. The average Bonchev–Trinajstić information content (AvgIpc) is 2.73. The molecule has 1 aromatic rings. The summed E-state index contributed by atoms with van der Waals surface area (Å²) in [5.41, 5.74) is 6.59. The molecule has 0 bridgehead atoms. The summed E-state index contributed by atoms with van der Waals surface area (Å²) in [4.78, 5) is 2.31. The molecule has 16 heavy (non-hydrogen) atoms. The number of likely N-dealkylation sites (N-methyl/N-ethyl adjacent to an activating group) is 1. The first-order valence-electron chi connectivity index (χ1n) is 5.70. The van der Waals surface area contributed by atoms with E-state index in [9.17, 15) is 0 Å². The second kappa shape index (κ2) is 6.68. The van der Waals surface area contributed by atoms with Crippen molar-refractivity contribution < 1.29 is 9.15 Å². The Morgan fingerprint density at radius 1 is 1.56 bits per heavy atom. The zero-order valence-corrected chi connectivity index (χ0v) is 10.4. The molecule has 2 N–H and O–H groups in total. The Kier molecular flexibility index (Phi) is 5.52. The normalized spacial score (nSPS) is 13.3. The highest BCUT2D eigenvalue weighted by molar-refractivity contribution is 5.12. The van der Waals surface area contributed by atoms with Crippen LogP contribution < -0.4 is 5.73 Å². The summed E-state index contributed by atoms with van der Waals surface area (Å²) in [6, 6.07) is 2.41. The smallest absolute Gasteiger partial charge is 0.118 e. The molecule has 0 aliphatic rings. The van der Waals surface area contributed by atoms with Crippen molar-refractivity contribution in [1.29, 1.82) is 0 Å². The average molecular weight is 226 g/mol. The van der Waals surface area contributed by atoms with Crippen molar-refractivity contribution in [2.75, 3.05) is 20.3 Å². The van der Waals surface area contributed by atoms with Gasteiger partial charge in [0.25, 0.3) is 0 Å². The maximum atomic E-state index is 5.54. The van der Waals surface area contributed by atoms with E-state index in [1.807, 2.05) is 6.07 Å². The Morgan fingerprint density at radius 2 is 2.31 bits per heavy atom. The number of furan rings is 1. The summed E-state index contributed by atoms with van der Waals surface area (Å²) >= 11 is 0. The van der Waals surface area contributed by atoms with Gasteiger partial charge in [0.05, 0.1) is 19.4 Å². The number of rotatable bonds is 7. The molecule has 0 amide bonds. The van der Waals surface area contributed by atoms with Gasteiger partial charge in [0.1, 0.15) is 5.76 Å². The molecule has 4 nitrogen and oxygen atoms in total. The van der Waals surface area contributed by atoms with E-state index in [4.69, 9.17) is 14.9 Å². The Hall–Kier alpha value is -0.840. The third kappa shape index (κ3) is 3.63. The minimum atomic E-state index is 0.390. The zero-order valence-electron chi connectivity index (χ0n) is 10.4. The highest BCUT2D eigenvalue weighted by atomic mass is 16.5. The number of hydrogen-bond donors (Lipinski definition) is 1. The first-order chi connectivity index (χ1) is 7.71. The van der Waals surface area contributed by atoms with E-state index >= 15 is 0 Å². The maximum Gasteiger partial charge on any atom is 0.118 e. The molecule has 0 spiro atoms. The molecule has 1 rings (SSSR count). The number of ether oxygens (including phenoxy) is 1. The molecule has 0 fully saturated rings. The molecule has 1 heterocycles. The highest BCUT2D eigenvalue weighted by Gasteiger charge is 2.13. The number of nitrogens with zero attached hydrogens (tertiary/aromatic N) is 1. The van der Waals surface area contributed by atoms with Gasteiger partial charge in [-0.3, -0.25) is 4.90 Å². The van der Waals surface area contributed by atoms with Crippen LogP contribution in [0.25, 0.3) is 0 Å². The van der Waals surface area contributed by atoms with Crippen LogP contribution in [0.1, 0.15) is 25.2 Å². The van der Waals surface area contributed by atoms with Crippen molar-refractivity contribution >= 4 is 0 Å². The Labute approximate surface area is 97.4 Å². The van der Waals surface area contributed by atoms with E-state index in [0.29, 0.717) is 12.6 Å². The van der Waals surface area contributed by atoms with Gasteiger partial charge < -0.3 is 14.9 Å². The molecule has 0 saturated heterocycles. The maximum absolute atomic E-state index is 5.54. The molecule has 1 aromatic heterocycles. The standard InChI is InChI=1S/C12H22N2O2/c1-4-14(10(2)8-15-3)7-12-5-11(6-13)9-16-12/h5,9-10H,4,6-8,13H2,1-3H3. The second-order valence-electron chi connectivity index (χ2n) is 3.99. The first kappa shape index (κ1) is 13.2. The molecule has 0 aromatic carbocycles. The lowest BCUT2D eigenvalue weighted by Crippen LogP contribution is -2.35. The second-order valence-corrected chi connectivity index (χ2v) is 3.99. The summed E-state index contributed by atoms with van der Waals surface area (Å²) in [5.74, 6) is 0.963. The molecular formula is C12H22N2O2. The van der Waals surface area contributed by atoms with Crippen LogP contribution in [0.2, 0.25) is 0 Å². The van der Waals surface area contributed by atoms with Gasteiger partial charge in [-0.15, -0.1) is 0 Å². The van der Waals surface area contributed by atoms with Gasteiger partial charge in [-0.1, -0.05) is 6.92 Å². The van der Waals surface area contributed by atoms with Crippen molar-refractivity contribution in [3.8, 4) is 0 Å². The Balaban J connectivity index is 2.55. The van der Waals surface area contributed by atoms with E-state index < -0.39 is 0 Å². The zero-order chi connectivity index (χ0) is 12.0. The molecule has 92 valence electrons. The fourth-order valence-electron chi connectivity index (χ4n) is 1.74. The fraction of sp³-hybridized carbons (Fsp3) is 0.667. The van der Waals surface area contributed by atoms with Crippen LogP contribution in [0.5, 0.6) is 0 Å². The molecular weight excluding hydrogens is 204 g/mol. The number of hydrogen-bond acceptors (Lipinski definition) is 4. The quantitative estimate of drug-likeness (QED) is 0.767. The van der Waals surface area contributed by atoms with Crippen molar-refractivity contribution in [1.82, 2.24) is 4.90 Å². The van der Waals surface area contributed by atoms with E-state index in [0.717, 1.165) is 31.0 Å². The minimum Gasteiger partial charge on any atom is -0.468 e. The van der Waals surface area contributed by atoms with Crippen LogP contribution in [-0.2, 0) is 17.8 Å². The lowest BCUT2D eigenvalue weighted by atomic mass is 10.2. The van der Waals surface area contributed by atoms with Gasteiger partial charge in [0.2, 0.25) is 0 Å². The lowest BCUT2D eigenvalue weighted by molar-refractivity contribution is 0.0936. The number of nitrogens with two attached hydrogens (primary N) is 1. The summed E-state index contributed by atoms with van der Waals surface area (Å²) in [7, 11) is 1.73. The van der Waals surface area contributed by atoms with Crippen LogP contribution in [0.4, 0.5) is 0 Å². The Bertz CT molecular complexity index is 299. The monoisotopic (exact) mass is 226 g/mol. The van der Waals surface area contributed by atoms with Crippen molar-refractivity contribution in [2.45, 2.75) is 33.0 Å². The number of methoxy groups -OCH3 is 1. The van der Waals surface area contributed by atoms with Crippen molar-refractivity contribution in [3.63, 3.8) is 0 Å². The third-order valence-corrected chi connectivity index (χ3v) is 2.74. The summed E-state index contributed by atoms with van der Waals surface area (Å²) in [5, 5.41) is 0. The van der Waals surface area contributed by atoms with Gasteiger partial charge in [-0.05, 0) is 19.5 Å². The lowest BCUT2D eigenvalue weighted by Gasteiger charge is -2.26. The largest absolute Gasteiger partial charge is 0.468 e. The van der Waals surface area contributed by atoms with Crippen LogP contribution in [0.3, 0.4) is 0 Å². The molecule has 0 aliphatic heterocycles. The molecule has 1 atom stereocenters. The fourth-order valence-corrected chi connectivity index (χ4v) is 1.74. The van der Waals surface area contributed by atoms with Crippen molar-refractivity contribution in [2.24, 2.45) is 5.73 Å². The van der Waals surface area contributed by atoms with E-state index in [2.05, 4.69) is 18.7 Å². The van der Waals surface area contributed by atoms with E-state index in [-0.39, 0.29) is 0 Å². The van der Waals surface area contributed by atoms with Crippen LogP contribution in [-0.4, -0.2) is 31.2 Å². The van der Waals surface area contributed by atoms with E-state index in [1.165, 1.54) is 0 Å². The van der Waals surface area contributed by atoms with Gasteiger partial charge in [-0.2, -0.15) is 0 Å². The summed E-state index contributed by atoms with van der Waals surface area (Å²) < 4.78 is 10.6. The third-order valence-electron chi connectivity index (χ3n) is 2.74. The van der Waals surface area contributed by atoms with Gasteiger partial charge in [-0.25, -0.2) is 0 Å². The topological polar surface area (TPSA) is 51.6 Å². The molecule has 0 radical (unpaired) electrons. The summed E-state index contributed by atoms with van der Waals surface area (Å²) in [6.07, 6.45) is 1.73. The minimum absolute atomic E-state index is 0.390. The van der Waals surface area contributed by atoms with Gasteiger partial charge >= 0.3 is 0 Å². The molecule has 0 saturated carbocycles. The van der Waals surface area contributed by atoms with Crippen LogP contribution >= 0.6 is 0 Å². The molecule has 4 heteroatoms. The van der Waals surface area contributed by atoms with Gasteiger partial charge in [0.15, 0.2) is 0 Å². The highest BCUT2D eigenvalue weighted by Crippen LogP contribution is 2.12. The summed E-state index contributed by atoms with van der Waals surface area (Å²) in [6.45, 7) is 7.34. The predicted octanol–water partition coefficient (Wildman–Crippen LogP) is 1.60. The van der Waals surface area contributed by atoms with Gasteiger partial charge in [0, 0.05) is 25.3 Å². The van der Waals surface area contributed by atoms with Crippen LogP contribution in [0.15, 0.2) is 16.7 Å². The van der Waals surface area contributed by atoms with Crippen LogP contribution in [0, 0.1) is 0 Å². The van der Waals surface area contributed by atoms with Crippen molar-refractivity contribution in [3.05, 3.63) is 23.7 Å². The van der Waals surface area contributed by atoms with E-state index in [1.54, 1.807) is 13.4 Å².